The van der Waals surface area contributed by atoms with Gasteiger partial charge in [0.15, 0.2) is 9.84 Å². The molecule has 2 rings (SSSR count). The number of aliphatic hydroxyl groups is 1. The van der Waals surface area contributed by atoms with Gasteiger partial charge in [-0.05, 0) is 18.3 Å². The van der Waals surface area contributed by atoms with Crippen molar-refractivity contribution in [3.05, 3.63) is 0 Å². The third kappa shape index (κ3) is 2.76. The van der Waals surface area contributed by atoms with Crippen LogP contribution in [0, 0.1) is 5.41 Å². The molecule has 2 fully saturated rings. The first-order valence-electron chi connectivity index (χ1n) is 6.02. The lowest BCUT2D eigenvalue weighted by molar-refractivity contribution is 0.156. The Balaban J connectivity index is 1.87. The molecule has 0 aromatic heterocycles. The summed E-state index contributed by atoms with van der Waals surface area (Å²) in [7, 11) is -3.02. The largest absolute Gasteiger partial charge is 0.390 e. The zero-order valence-corrected chi connectivity index (χ0v) is 10.6. The highest BCUT2D eigenvalue weighted by Gasteiger charge is 2.38. The minimum atomic E-state index is -3.02. The standard InChI is InChI=1S/C11H21NO3S/c1-11(4-2-3-5-11)8-12-9-6-16(14,15)7-10(9)13/h9-10,12-13H,2-8H2,1H3. The third-order valence-electron chi connectivity index (χ3n) is 3.92. The molecule has 0 bridgehead atoms. The van der Waals surface area contributed by atoms with E-state index in [-0.39, 0.29) is 17.5 Å². The molecule has 0 radical (unpaired) electrons. The van der Waals surface area contributed by atoms with Crippen LogP contribution in [0.25, 0.3) is 0 Å². The van der Waals surface area contributed by atoms with Crippen LogP contribution in [0.15, 0.2) is 0 Å². The second-order valence-electron chi connectivity index (χ2n) is 5.65. The van der Waals surface area contributed by atoms with E-state index in [0.29, 0.717) is 5.41 Å². The molecular formula is C11H21NO3S. The summed E-state index contributed by atoms with van der Waals surface area (Å²) < 4.78 is 22.7. The summed E-state index contributed by atoms with van der Waals surface area (Å²) in [6.45, 7) is 3.06. The average Bonchev–Trinajstić information content (AvgIpc) is 2.68. The molecule has 5 heteroatoms. The highest BCUT2D eigenvalue weighted by Crippen LogP contribution is 2.36. The summed E-state index contributed by atoms with van der Waals surface area (Å²) in [6, 6.07) is -0.262. The van der Waals surface area contributed by atoms with Gasteiger partial charge >= 0.3 is 0 Å². The summed E-state index contributed by atoms with van der Waals surface area (Å²) in [5.41, 5.74) is 0.298. The molecule has 1 saturated carbocycles. The monoisotopic (exact) mass is 247 g/mol. The van der Waals surface area contributed by atoms with E-state index in [2.05, 4.69) is 12.2 Å². The normalized spacial score (nSPS) is 36.6. The van der Waals surface area contributed by atoms with Gasteiger partial charge in [-0.2, -0.15) is 0 Å². The third-order valence-corrected chi connectivity index (χ3v) is 5.64. The predicted octanol–water partition coefficient (Wildman–Crippen LogP) is 0.314. The molecular weight excluding hydrogens is 226 g/mol. The van der Waals surface area contributed by atoms with Gasteiger partial charge in [0.05, 0.1) is 17.6 Å². The van der Waals surface area contributed by atoms with Gasteiger partial charge < -0.3 is 10.4 Å². The van der Waals surface area contributed by atoms with Crippen LogP contribution in [0.4, 0.5) is 0 Å². The SMILES string of the molecule is CC1(CNC2CS(=O)(=O)CC2O)CCCC1. The first kappa shape index (κ1) is 12.3. The van der Waals surface area contributed by atoms with Crippen molar-refractivity contribution in [3.8, 4) is 0 Å². The number of rotatable bonds is 3. The number of hydrogen-bond acceptors (Lipinski definition) is 4. The van der Waals surface area contributed by atoms with Gasteiger partial charge in [-0.25, -0.2) is 8.42 Å². The Labute approximate surface area is 97.3 Å². The Morgan fingerprint density at radius 1 is 1.31 bits per heavy atom. The Hall–Kier alpha value is -0.130. The molecule has 4 nitrogen and oxygen atoms in total. The average molecular weight is 247 g/mol. The molecule has 0 aromatic rings. The minimum Gasteiger partial charge on any atom is -0.390 e. The molecule has 2 aliphatic rings. The Morgan fingerprint density at radius 3 is 2.44 bits per heavy atom. The predicted molar refractivity (Wildman–Crippen MR) is 63.0 cm³/mol. The van der Waals surface area contributed by atoms with E-state index in [0.717, 1.165) is 6.54 Å². The van der Waals surface area contributed by atoms with Gasteiger partial charge in [-0.15, -0.1) is 0 Å². The van der Waals surface area contributed by atoms with Gasteiger partial charge in [0, 0.05) is 12.6 Å². The zero-order chi connectivity index (χ0) is 11.8. The van der Waals surface area contributed by atoms with Gasteiger partial charge in [0.25, 0.3) is 0 Å². The van der Waals surface area contributed by atoms with Crippen LogP contribution in [0.2, 0.25) is 0 Å². The van der Waals surface area contributed by atoms with Crippen molar-refractivity contribution in [3.63, 3.8) is 0 Å². The first-order valence-corrected chi connectivity index (χ1v) is 7.84. The molecule has 1 heterocycles. The molecule has 1 aliphatic heterocycles. The van der Waals surface area contributed by atoms with E-state index < -0.39 is 15.9 Å². The van der Waals surface area contributed by atoms with Crippen LogP contribution < -0.4 is 5.32 Å². The van der Waals surface area contributed by atoms with Crippen molar-refractivity contribution < 1.29 is 13.5 Å². The highest BCUT2D eigenvalue weighted by molar-refractivity contribution is 7.91. The lowest BCUT2D eigenvalue weighted by Crippen LogP contribution is -2.43. The maximum atomic E-state index is 11.3. The zero-order valence-electron chi connectivity index (χ0n) is 9.78. The van der Waals surface area contributed by atoms with Crippen LogP contribution in [0.3, 0.4) is 0 Å². The van der Waals surface area contributed by atoms with Crippen molar-refractivity contribution in [2.45, 2.75) is 44.8 Å². The van der Waals surface area contributed by atoms with Crippen LogP contribution in [-0.2, 0) is 9.84 Å². The number of nitrogens with one attached hydrogen (secondary N) is 1. The summed E-state index contributed by atoms with van der Waals surface area (Å²) in [5.74, 6) is 0.00558. The molecule has 2 unspecified atom stereocenters. The maximum Gasteiger partial charge on any atom is 0.154 e. The fourth-order valence-corrected chi connectivity index (χ4v) is 4.58. The number of aliphatic hydroxyl groups excluding tert-OH is 1. The number of sulfone groups is 1. The molecule has 2 N–H and O–H groups in total. The van der Waals surface area contributed by atoms with E-state index >= 15 is 0 Å². The Morgan fingerprint density at radius 2 is 1.94 bits per heavy atom. The molecule has 1 aliphatic carbocycles. The van der Waals surface area contributed by atoms with Crippen molar-refractivity contribution in [1.29, 1.82) is 0 Å². The van der Waals surface area contributed by atoms with Crippen molar-refractivity contribution in [1.82, 2.24) is 5.32 Å². The molecule has 0 amide bonds. The molecule has 94 valence electrons. The van der Waals surface area contributed by atoms with Gasteiger partial charge in [0.1, 0.15) is 0 Å². The van der Waals surface area contributed by atoms with Crippen molar-refractivity contribution in [2.75, 3.05) is 18.1 Å². The summed E-state index contributed by atoms with van der Waals surface area (Å²) in [6.07, 6.45) is 4.22. The lowest BCUT2D eigenvalue weighted by Gasteiger charge is -2.26. The molecule has 0 spiro atoms. The molecule has 0 aromatic carbocycles. The van der Waals surface area contributed by atoms with Crippen LogP contribution in [-0.4, -0.2) is 43.7 Å². The maximum absolute atomic E-state index is 11.3. The van der Waals surface area contributed by atoms with E-state index in [1.165, 1.54) is 25.7 Å². The number of hydrogen-bond donors (Lipinski definition) is 2. The van der Waals surface area contributed by atoms with Crippen molar-refractivity contribution >= 4 is 9.84 Å². The van der Waals surface area contributed by atoms with Gasteiger partial charge in [-0.1, -0.05) is 19.8 Å². The van der Waals surface area contributed by atoms with E-state index in [4.69, 9.17) is 0 Å². The molecule has 16 heavy (non-hydrogen) atoms. The summed E-state index contributed by atoms with van der Waals surface area (Å²) >= 11 is 0. The Bertz CT molecular complexity index is 346. The van der Waals surface area contributed by atoms with Gasteiger partial charge in [0.2, 0.25) is 0 Å². The minimum absolute atomic E-state index is 0.0820. The fraction of sp³-hybridized carbons (Fsp3) is 1.00. The summed E-state index contributed by atoms with van der Waals surface area (Å²) in [5, 5.41) is 12.9. The quantitative estimate of drug-likeness (QED) is 0.753. The van der Waals surface area contributed by atoms with Crippen LogP contribution >= 0.6 is 0 Å². The van der Waals surface area contributed by atoms with E-state index in [1.807, 2.05) is 0 Å². The lowest BCUT2D eigenvalue weighted by atomic mass is 9.88. The van der Waals surface area contributed by atoms with E-state index in [1.54, 1.807) is 0 Å². The molecule has 1 saturated heterocycles. The Kier molecular flexibility index (Phi) is 3.29. The molecule has 2 atom stereocenters. The van der Waals surface area contributed by atoms with Crippen LogP contribution in [0.1, 0.15) is 32.6 Å². The topological polar surface area (TPSA) is 66.4 Å². The smallest absolute Gasteiger partial charge is 0.154 e. The second-order valence-corrected chi connectivity index (χ2v) is 7.80. The highest BCUT2D eigenvalue weighted by atomic mass is 32.2. The van der Waals surface area contributed by atoms with Crippen LogP contribution in [0.5, 0.6) is 0 Å². The van der Waals surface area contributed by atoms with Crippen molar-refractivity contribution in [2.24, 2.45) is 5.41 Å². The first-order chi connectivity index (χ1) is 7.40. The van der Waals surface area contributed by atoms with Gasteiger partial charge in [-0.3, -0.25) is 0 Å². The van der Waals surface area contributed by atoms with E-state index in [9.17, 15) is 13.5 Å². The fourth-order valence-electron chi connectivity index (χ4n) is 2.81. The second kappa shape index (κ2) is 4.27. The summed E-state index contributed by atoms with van der Waals surface area (Å²) in [4.78, 5) is 0.